The van der Waals surface area contributed by atoms with Gasteiger partial charge in [-0.25, -0.2) is 0 Å². The summed E-state index contributed by atoms with van der Waals surface area (Å²) in [4.78, 5) is 0. The van der Waals surface area contributed by atoms with Crippen LogP contribution in [0.15, 0.2) is 39.3 Å². The van der Waals surface area contributed by atoms with Crippen LogP contribution < -0.4 is 5.32 Å². The van der Waals surface area contributed by atoms with Crippen LogP contribution >= 0.6 is 31.9 Å². The first-order valence-electron chi connectivity index (χ1n) is 6.64. The largest absolute Gasteiger partial charge is 0.309 e. The van der Waals surface area contributed by atoms with Gasteiger partial charge in [0, 0.05) is 8.95 Å². The summed E-state index contributed by atoms with van der Waals surface area (Å²) in [6.45, 7) is 6.44. The van der Waals surface area contributed by atoms with Crippen LogP contribution in [0.2, 0.25) is 0 Å². The van der Waals surface area contributed by atoms with Gasteiger partial charge in [-0.15, -0.1) is 0 Å². The highest BCUT2D eigenvalue weighted by Crippen LogP contribution is 2.35. The Labute approximate surface area is 138 Å². The van der Waals surface area contributed by atoms with Crippen LogP contribution in [-0.4, -0.2) is 7.05 Å². The number of aryl methyl sites for hydroxylation is 3. The van der Waals surface area contributed by atoms with Crippen LogP contribution in [-0.2, 0) is 0 Å². The first-order valence-corrected chi connectivity index (χ1v) is 8.23. The lowest BCUT2D eigenvalue weighted by Crippen LogP contribution is -2.20. The number of hydrogen-bond donors (Lipinski definition) is 1. The molecule has 0 aliphatic carbocycles. The van der Waals surface area contributed by atoms with E-state index >= 15 is 0 Å². The molecule has 0 aliphatic rings. The van der Waals surface area contributed by atoms with E-state index in [9.17, 15) is 0 Å². The fraction of sp³-hybridized carbons (Fsp3) is 0.294. The molecule has 3 heteroatoms. The summed E-state index contributed by atoms with van der Waals surface area (Å²) in [5.74, 6) is 0. The summed E-state index contributed by atoms with van der Waals surface area (Å²) >= 11 is 7.35. The van der Waals surface area contributed by atoms with E-state index < -0.39 is 0 Å². The molecular weight excluding hydrogens is 378 g/mol. The Morgan fingerprint density at radius 2 is 1.50 bits per heavy atom. The normalized spacial score (nSPS) is 12.5. The van der Waals surface area contributed by atoms with Crippen molar-refractivity contribution in [3.63, 3.8) is 0 Å². The van der Waals surface area contributed by atoms with Crippen LogP contribution in [0.4, 0.5) is 0 Å². The molecule has 0 heterocycles. The predicted molar refractivity (Wildman–Crippen MR) is 93.4 cm³/mol. The maximum Gasteiger partial charge on any atom is 0.0591 e. The highest BCUT2D eigenvalue weighted by Gasteiger charge is 2.19. The van der Waals surface area contributed by atoms with E-state index in [1.54, 1.807) is 0 Å². The fourth-order valence-corrected chi connectivity index (χ4v) is 3.67. The highest BCUT2D eigenvalue weighted by atomic mass is 79.9. The van der Waals surface area contributed by atoms with Gasteiger partial charge >= 0.3 is 0 Å². The topological polar surface area (TPSA) is 12.0 Å². The SMILES string of the molecule is CNC(c1cc(Br)c(C)cc1Br)c1c(C)cccc1C. The Morgan fingerprint density at radius 3 is 2.05 bits per heavy atom. The minimum absolute atomic E-state index is 0.183. The van der Waals surface area contributed by atoms with Crippen molar-refractivity contribution in [1.82, 2.24) is 5.32 Å². The van der Waals surface area contributed by atoms with Crippen molar-refractivity contribution in [3.05, 3.63) is 67.1 Å². The van der Waals surface area contributed by atoms with Gasteiger partial charge in [-0.2, -0.15) is 0 Å². The molecule has 0 aromatic heterocycles. The van der Waals surface area contributed by atoms with Crippen LogP contribution in [0.5, 0.6) is 0 Å². The van der Waals surface area contributed by atoms with Gasteiger partial charge in [-0.1, -0.05) is 50.1 Å². The van der Waals surface area contributed by atoms with E-state index in [1.165, 1.54) is 27.8 Å². The minimum Gasteiger partial charge on any atom is -0.309 e. The van der Waals surface area contributed by atoms with E-state index in [1.807, 2.05) is 7.05 Å². The van der Waals surface area contributed by atoms with Crippen molar-refractivity contribution in [3.8, 4) is 0 Å². The first-order chi connectivity index (χ1) is 9.45. The molecule has 106 valence electrons. The lowest BCUT2D eigenvalue weighted by molar-refractivity contribution is 0.680. The zero-order chi connectivity index (χ0) is 14.9. The Morgan fingerprint density at radius 1 is 0.900 bits per heavy atom. The van der Waals surface area contributed by atoms with Gasteiger partial charge in [0.1, 0.15) is 0 Å². The smallest absolute Gasteiger partial charge is 0.0591 e. The molecule has 0 amide bonds. The molecule has 2 rings (SSSR count). The molecule has 0 spiro atoms. The molecule has 1 N–H and O–H groups in total. The summed E-state index contributed by atoms with van der Waals surface area (Å²) < 4.78 is 2.28. The lowest BCUT2D eigenvalue weighted by Gasteiger charge is -2.23. The zero-order valence-electron chi connectivity index (χ0n) is 12.2. The molecule has 1 unspecified atom stereocenters. The molecule has 0 saturated heterocycles. The molecule has 0 saturated carbocycles. The summed E-state index contributed by atoms with van der Waals surface area (Å²) in [5.41, 5.74) is 6.46. The Balaban J connectivity index is 2.62. The van der Waals surface area contributed by atoms with Crippen LogP contribution in [0.3, 0.4) is 0 Å². The molecular formula is C17H19Br2N. The van der Waals surface area contributed by atoms with Crippen molar-refractivity contribution in [1.29, 1.82) is 0 Å². The van der Waals surface area contributed by atoms with E-state index in [-0.39, 0.29) is 6.04 Å². The molecule has 2 aromatic rings. The van der Waals surface area contributed by atoms with Crippen molar-refractivity contribution in [2.45, 2.75) is 26.8 Å². The quantitative estimate of drug-likeness (QED) is 0.727. The Kier molecular flexibility index (Phi) is 5.05. The fourth-order valence-electron chi connectivity index (χ4n) is 2.62. The molecule has 20 heavy (non-hydrogen) atoms. The third kappa shape index (κ3) is 3.00. The number of hydrogen-bond acceptors (Lipinski definition) is 1. The molecule has 1 atom stereocenters. The summed E-state index contributed by atoms with van der Waals surface area (Å²) in [6, 6.07) is 11.0. The van der Waals surface area contributed by atoms with Gasteiger partial charge < -0.3 is 5.32 Å². The summed E-state index contributed by atoms with van der Waals surface area (Å²) in [5, 5.41) is 3.45. The second kappa shape index (κ2) is 6.42. The molecule has 2 aromatic carbocycles. The molecule has 0 radical (unpaired) electrons. The van der Waals surface area contributed by atoms with Gasteiger partial charge in [0.05, 0.1) is 6.04 Å². The van der Waals surface area contributed by atoms with Crippen LogP contribution in [0, 0.1) is 20.8 Å². The standard InChI is InChI=1S/C17H19Br2N/c1-10-6-5-7-11(2)16(10)17(20-4)13-9-14(18)12(3)8-15(13)19/h5-9,17,20H,1-4H3. The highest BCUT2D eigenvalue weighted by molar-refractivity contribution is 9.11. The van der Waals surface area contributed by atoms with Gasteiger partial charge in [-0.3, -0.25) is 0 Å². The monoisotopic (exact) mass is 395 g/mol. The minimum atomic E-state index is 0.183. The number of benzene rings is 2. The van der Waals surface area contributed by atoms with E-state index in [2.05, 4.69) is 88.3 Å². The van der Waals surface area contributed by atoms with Gasteiger partial charge in [0.2, 0.25) is 0 Å². The number of halogens is 2. The van der Waals surface area contributed by atoms with Gasteiger partial charge in [0.15, 0.2) is 0 Å². The predicted octanol–water partition coefficient (Wildman–Crippen LogP) is 5.45. The number of rotatable bonds is 3. The van der Waals surface area contributed by atoms with Crippen molar-refractivity contribution < 1.29 is 0 Å². The van der Waals surface area contributed by atoms with Gasteiger partial charge in [-0.05, 0) is 67.8 Å². The maximum absolute atomic E-state index is 3.71. The lowest BCUT2D eigenvalue weighted by atomic mass is 9.91. The Bertz CT molecular complexity index is 615. The maximum atomic E-state index is 3.71. The third-order valence-corrected chi connectivity index (χ3v) is 5.25. The molecule has 1 nitrogen and oxygen atoms in total. The van der Waals surface area contributed by atoms with E-state index in [0.29, 0.717) is 0 Å². The van der Waals surface area contributed by atoms with Crippen molar-refractivity contribution >= 4 is 31.9 Å². The summed E-state index contributed by atoms with van der Waals surface area (Å²) in [6.07, 6.45) is 0. The average Bonchev–Trinajstić information content (AvgIpc) is 2.39. The van der Waals surface area contributed by atoms with E-state index in [0.717, 1.165) is 8.95 Å². The number of nitrogens with one attached hydrogen (secondary N) is 1. The zero-order valence-corrected chi connectivity index (χ0v) is 15.4. The Hall–Kier alpha value is -0.640. The van der Waals surface area contributed by atoms with Crippen molar-refractivity contribution in [2.24, 2.45) is 0 Å². The van der Waals surface area contributed by atoms with Gasteiger partial charge in [0.25, 0.3) is 0 Å². The second-order valence-electron chi connectivity index (χ2n) is 5.15. The molecule has 0 aliphatic heterocycles. The second-order valence-corrected chi connectivity index (χ2v) is 6.86. The average molecular weight is 397 g/mol. The third-order valence-electron chi connectivity index (χ3n) is 3.71. The first kappa shape index (κ1) is 15.7. The summed E-state index contributed by atoms with van der Waals surface area (Å²) in [7, 11) is 2.01. The molecule has 0 fully saturated rings. The van der Waals surface area contributed by atoms with Crippen LogP contribution in [0.25, 0.3) is 0 Å². The van der Waals surface area contributed by atoms with Crippen LogP contribution in [0.1, 0.15) is 33.9 Å². The van der Waals surface area contributed by atoms with Crippen molar-refractivity contribution in [2.75, 3.05) is 7.05 Å². The van der Waals surface area contributed by atoms with E-state index in [4.69, 9.17) is 0 Å². The molecule has 0 bridgehead atoms.